The Kier molecular flexibility index (Phi) is 6.96. The Bertz CT molecular complexity index is 660. The van der Waals surface area contributed by atoms with Crippen molar-refractivity contribution in [3.8, 4) is 23.5 Å². The van der Waals surface area contributed by atoms with Gasteiger partial charge in [-0.15, -0.1) is 0 Å². The summed E-state index contributed by atoms with van der Waals surface area (Å²) < 4.78 is 15.3. The fraction of sp³-hybridized carbons (Fsp3) is 0.167. The average molecular weight is 333 g/mol. The van der Waals surface area contributed by atoms with Crippen LogP contribution in [-0.2, 0) is 0 Å². The van der Waals surface area contributed by atoms with Crippen molar-refractivity contribution in [1.82, 2.24) is 9.97 Å². The maximum absolute atomic E-state index is 11.5. The minimum atomic E-state index is -1.43. The molecule has 0 unspecified atom stereocenters. The van der Waals surface area contributed by atoms with E-state index in [-0.39, 0.29) is 79.6 Å². The van der Waals surface area contributed by atoms with Crippen molar-refractivity contribution in [2.75, 3.05) is 14.2 Å². The Morgan fingerprint density at radius 1 is 1.27 bits per heavy atom. The Labute approximate surface area is 167 Å². The summed E-state index contributed by atoms with van der Waals surface area (Å²) in [7, 11) is 2.78. The van der Waals surface area contributed by atoms with Gasteiger partial charge in [-0.3, -0.25) is 0 Å². The molecule has 0 atom stereocenters. The van der Waals surface area contributed by atoms with Gasteiger partial charge in [-0.2, -0.15) is 14.7 Å². The van der Waals surface area contributed by atoms with Crippen LogP contribution in [0.25, 0.3) is 0 Å². The molecule has 10 heteroatoms. The molecule has 0 amide bonds. The Morgan fingerprint density at radius 2 is 1.86 bits per heavy atom. The molecule has 0 aromatic carbocycles. The average Bonchev–Trinajstić information content (AvgIpc) is 2.46. The van der Waals surface area contributed by atoms with Crippen LogP contribution < -0.4 is 18.9 Å². The molecule has 2 heterocycles. The number of nitrogens with zero attached hydrogens (tertiary/aromatic N) is 3. The Balaban J connectivity index is 0.00000242. The quantitative estimate of drug-likeness (QED) is 0.460. The molecular formula is C12H12KN3O6. The van der Waals surface area contributed by atoms with Crippen molar-refractivity contribution in [1.29, 1.82) is 0 Å². The van der Waals surface area contributed by atoms with Gasteiger partial charge in [0.2, 0.25) is 17.5 Å². The summed E-state index contributed by atoms with van der Waals surface area (Å²) in [5.74, 6) is -1.30. The number of hydrogen-bond acceptors (Lipinski definition) is 7. The third kappa shape index (κ3) is 4.27. The van der Waals surface area contributed by atoms with E-state index in [1.807, 2.05) is 0 Å². The van der Waals surface area contributed by atoms with E-state index in [0.29, 0.717) is 0 Å². The third-order valence-corrected chi connectivity index (χ3v) is 2.40. The molecule has 2 rings (SSSR count). The maximum atomic E-state index is 11.5. The summed E-state index contributed by atoms with van der Waals surface area (Å²) in [6.45, 7) is 0. The van der Waals surface area contributed by atoms with Crippen LogP contribution in [-0.4, -0.2) is 86.6 Å². The van der Waals surface area contributed by atoms with E-state index in [2.05, 4.69) is 9.97 Å². The van der Waals surface area contributed by atoms with E-state index < -0.39 is 11.7 Å². The van der Waals surface area contributed by atoms with E-state index in [9.17, 15) is 10.0 Å². The molecule has 0 aliphatic rings. The van der Waals surface area contributed by atoms with Crippen molar-refractivity contribution in [3.63, 3.8) is 0 Å². The van der Waals surface area contributed by atoms with Gasteiger partial charge in [0.15, 0.2) is 6.20 Å². The minimum absolute atomic E-state index is 0. The number of ether oxygens (including phenoxy) is 3. The van der Waals surface area contributed by atoms with Gasteiger partial charge in [-0.05, 0) is 6.07 Å². The first-order valence-electron chi connectivity index (χ1n) is 5.65. The summed E-state index contributed by atoms with van der Waals surface area (Å²) >= 11 is 0. The number of rotatable bonds is 5. The van der Waals surface area contributed by atoms with E-state index in [4.69, 9.17) is 19.3 Å². The summed E-state index contributed by atoms with van der Waals surface area (Å²) in [5.41, 5.74) is -0.581. The van der Waals surface area contributed by atoms with Crippen LogP contribution in [0.4, 0.5) is 0 Å². The van der Waals surface area contributed by atoms with Crippen LogP contribution in [0.15, 0.2) is 24.4 Å². The first-order chi connectivity index (χ1) is 10.0. The van der Waals surface area contributed by atoms with Crippen molar-refractivity contribution < 1.29 is 28.8 Å². The molecule has 22 heavy (non-hydrogen) atoms. The molecule has 0 spiro atoms. The first kappa shape index (κ1) is 18.6. The van der Waals surface area contributed by atoms with Crippen molar-refractivity contribution in [2.24, 2.45) is 0 Å². The number of carboxylic acids is 1. The zero-order chi connectivity index (χ0) is 15.4. The van der Waals surface area contributed by atoms with E-state index >= 15 is 0 Å². The second-order valence-electron chi connectivity index (χ2n) is 3.69. The first-order valence-corrected chi connectivity index (χ1v) is 5.65. The molecular weight excluding hydrogens is 321 g/mol. The van der Waals surface area contributed by atoms with Crippen molar-refractivity contribution in [3.05, 3.63) is 35.3 Å². The second-order valence-corrected chi connectivity index (χ2v) is 3.69. The van der Waals surface area contributed by atoms with Crippen molar-refractivity contribution >= 4 is 57.4 Å². The van der Waals surface area contributed by atoms with E-state index in [0.717, 1.165) is 6.20 Å². The molecule has 1 N–H and O–H groups in total. The Morgan fingerprint density at radius 3 is 2.36 bits per heavy atom. The van der Waals surface area contributed by atoms with Gasteiger partial charge in [0.1, 0.15) is 0 Å². The van der Waals surface area contributed by atoms with Gasteiger partial charge in [0.25, 0.3) is 0 Å². The standard InChI is InChI=1S/C12H11N3O6.K.H/c1-19-8-6-9(20-2)14-12(13-8)21-7-4-3-5-15(18)10(7)11(16)17;;/h3-6H,1-2H3,(H,16,17);;. The molecule has 0 fully saturated rings. The van der Waals surface area contributed by atoms with Crippen molar-refractivity contribution in [2.45, 2.75) is 0 Å². The Hall–Kier alpha value is -1.46. The van der Waals surface area contributed by atoms with Crippen LogP contribution in [0.5, 0.6) is 23.5 Å². The SMILES string of the molecule is COc1cc(OC)nc(Oc2ccc[n+]([O-])c2C(=O)O)n1.[KH]. The van der Waals surface area contributed by atoms with Crippen LogP contribution in [0.3, 0.4) is 0 Å². The van der Waals surface area contributed by atoms with Gasteiger partial charge < -0.3 is 24.5 Å². The molecule has 0 saturated heterocycles. The molecule has 0 saturated carbocycles. The summed E-state index contributed by atoms with van der Waals surface area (Å²) in [5, 5.41) is 20.5. The fourth-order valence-electron chi connectivity index (χ4n) is 1.49. The van der Waals surface area contributed by atoms with Crippen LogP contribution >= 0.6 is 0 Å². The van der Waals surface area contributed by atoms with E-state index in [1.165, 1.54) is 32.4 Å². The number of methoxy groups -OCH3 is 2. The van der Waals surface area contributed by atoms with Crippen LogP contribution in [0.2, 0.25) is 0 Å². The number of carboxylic acid groups (broad SMARTS) is 1. The molecule has 9 nitrogen and oxygen atoms in total. The van der Waals surface area contributed by atoms with Crippen LogP contribution in [0.1, 0.15) is 10.5 Å². The van der Waals surface area contributed by atoms with Crippen LogP contribution in [0, 0.1) is 5.21 Å². The zero-order valence-electron chi connectivity index (χ0n) is 11.1. The summed E-state index contributed by atoms with van der Waals surface area (Å²) in [4.78, 5) is 18.9. The van der Waals surface area contributed by atoms with Gasteiger partial charge in [0.05, 0.1) is 20.3 Å². The topological polar surface area (TPSA) is 118 Å². The fourth-order valence-corrected chi connectivity index (χ4v) is 1.49. The summed E-state index contributed by atoms with van der Waals surface area (Å²) in [6.07, 6.45) is 1.04. The molecule has 0 bridgehead atoms. The second kappa shape index (κ2) is 8.24. The van der Waals surface area contributed by atoms with Gasteiger partial charge in [-0.25, -0.2) is 4.79 Å². The number of carbonyl (C=O) groups is 1. The van der Waals surface area contributed by atoms with Gasteiger partial charge in [0, 0.05) is 6.07 Å². The molecule has 112 valence electrons. The molecule has 0 aliphatic heterocycles. The molecule has 0 aliphatic carbocycles. The third-order valence-electron chi connectivity index (χ3n) is 2.40. The molecule has 0 radical (unpaired) electrons. The number of hydrogen-bond donors (Lipinski definition) is 1. The molecule has 2 aromatic heterocycles. The number of aromatic carboxylic acids is 1. The normalized spacial score (nSPS) is 9.55. The monoisotopic (exact) mass is 333 g/mol. The number of pyridine rings is 1. The number of aromatic nitrogens is 3. The van der Waals surface area contributed by atoms with E-state index in [1.54, 1.807) is 0 Å². The molecule has 2 aromatic rings. The van der Waals surface area contributed by atoms with Gasteiger partial charge >= 0.3 is 69.1 Å². The predicted octanol–water partition coefficient (Wildman–Crippen LogP) is -0.0308. The summed E-state index contributed by atoms with van der Waals surface area (Å²) in [6, 6.07) is 3.86. The zero-order valence-corrected chi connectivity index (χ0v) is 11.1. The van der Waals surface area contributed by atoms with Gasteiger partial charge in [-0.1, -0.05) is 0 Å². The predicted molar refractivity (Wildman–Crippen MR) is 74.7 cm³/mol.